The third-order valence-electron chi connectivity index (χ3n) is 5.37. The highest BCUT2D eigenvalue weighted by Gasteiger charge is 2.27. The van der Waals surface area contributed by atoms with Crippen molar-refractivity contribution in [2.45, 2.75) is 45.4 Å². The summed E-state index contributed by atoms with van der Waals surface area (Å²) >= 11 is 0. The highest BCUT2D eigenvalue weighted by Crippen LogP contribution is 2.27. The van der Waals surface area contributed by atoms with E-state index in [-0.39, 0.29) is 60.9 Å². The summed E-state index contributed by atoms with van der Waals surface area (Å²) in [6.45, 7) is 1.34. The van der Waals surface area contributed by atoms with Crippen molar-refractivity contribution in [3.05, 3.63) is 65.1 Å². The largest absolute Gasteiger partial charge is 0.485 e. The molecule has 0 amide bonds. The lowest BCUT2D eigenvalue weighted by atomic mass is 9.94. The van der Waals surface area contributed by atoms with Crippen LogP contribution in [0.4, 0.5) is 22.0 Å². The van der Waals surface area contributed by atoms with Gasteiger partial charge in [-0.1, -0.05) is 6.07 Å². The Morgan fingerprint density at radius 1 is 1.18 bits per heavy atom. The zero-order chi connectivity index (χ0) is 24.2. The van der Waals surface area contributed by atoms with Gasteiger partial charge in [-0.3, -0.25) is 9.20 Å². The average Bonchev–Trinajstić information content (AvgIpc) is 3.08. The van der Waals surface area contributed by atoms with Gasteiger partial charge in [0.25, 0.3) is 0 Å². The van der Waals surface area contributed by atoms with Crippen LogP contribution in [-0.2, 0) is 6.61 Å². The predicted octanol–water partition coefficient (Wildman–Crippen LogP) is 5.38. The summed E-state index contributed by atoms with van der Waals surface area (Å²) in [6, 6.07) is 6.67. The summed E-state index contributed by atoms with van der Waals surface area (Å²) in [5, 5.41) is 0. The first kappa shape index (κ1) is 24.6. The average molecular weight is 469 g/mol. The van der Waals surface area contributed by atoms with Gasteiger partial charge in [-0.25, -0.2) is 13.8 Å². The van der Waals surface area contributed by atoms with Crippen LogP contribution in [0.25, 0.3) is 5.65 Å². The van der Waals surface area contributed by atoms with Crippen LogP contribution in [0.3, 0.4) is 0 Å². The smallest absolute Gasteiger partial charge is 0.389 e. The molecule has 0 aliphatic heterocycles. The van der Waals surface area contributed by atoms with E-state index in [1.165, 1.54) is 10.5 Å². The van der Waals surface area contributed by atoms with Gasteiger partial charge < -0.3 is 10.5 Å². The van der Waals surface area contributed by atoms with Gasteiger partial charge in [0.15, 0.2) is 17.2 Å². The molecule has 3 aromatic rings. The monoisotopic (exact) mass is 469 g/mol. The lowest BCUT2D eigenvalue weighted by Crippen LogP contribution is -2.20. The minimum Gasteiger partial charge on any atom is -0.485 e. The lowest BCUT2D eigenvalue weighted by Gasteiger charge is -2.15. The second-order valence-electron chi connectivity index (χ2n) is 7.84. The van der Waals surface area contributed by atoms with E-state index in [1.54, 1.807) is 25.3 Å². The van der Waals surface area contributed by atoms with Crippen molar-refractivity contribution in [1.82, 2.24) is 9.38 Å². The number of nitrogens with two attached hydrogens (primary N) is 1. The van der Waals surface area contributed by atoms with Gasteiger partial charge >= 0.3 is 6.18 Å². The molecule has 3 rings (SSSR count). The number of nitrogens with zero attached hydrogens (tertiary/aromatic N) is 2. The number of ketones is 1. The normalized spacial score (nSPS) is 12.8. The Morgan fingerprint density at radius 2 is 1.88 bits per heavy atom. The quantitative estimate of drug-likeness (QED) is 0.320. The fraction of sp³-hybridized carbons (Fsp3) is 0.391. The Morgan fingerprint density at radius 3 is 2.52 bits per heavy atom. The number of hydrogen-bond acceptors (Lipinski definition) is 4. The molecule has 10 heteroatoms. The molecular weight excluding hydrogens is 445 g/mol. The first-order chi connectivity index (χ1) is 15.6. The zero-order valence-electron chi connectivity index (χ0n) is 18.0. The number of rotatable bonds is 10. The van der Waals surface area contributed by atoms with Crippen molar-refractivity contribution in [1.29, 1.82) is 0 Å². The zero-order valence-corrected chi connectivity index (χ0v) is 18.0. The standard InChI is InChI=1S/C23H24F5N3O2/c1-14-21(19(32)11-15(12-29)5-3-9-23(26,27)28)31-10-4-8-20(22(31)30-14)33-13-16-17(24)6-2-7-18(16)25/h2,4,6-8,10,15H,3,5,9,11-13,29H2,1H3. The van der Waals surface area contributed by atoms with Crippen LogP contribution in [0.15, 0.2) is 36.5 Å². The maximum atomic E-state index is 13.9. The molecule has 0 aliphatic rings. The Labute approximate surface area is 187 Å². The van der Waals surface area contributed by atoms with E-state index in [1.807, 2.05) is 0 Å². The number of aryl methyl sites for hydroxylation is 1. The third kappa shape index (κ3) is 6.07. The van der Waals surface area contributed by atoms with Gasteiger partial charge in [0, 0.05) is 19.0 Å². The molecule has 1 unspecified atom stereocenters. The maximum absolute atomic E-state index is 13.9. The van der Waals surface area contributed by atoms with Gasteiger partial charge in [0.2, 0.25) is 0 Å². The van der Waals surface area contributed by atoms with Gasteiger partial charge in [0.1, 0.15) is 23.9 Å². The molecule has 33 heavy (non-hydrogen) atoms. The highest BCUT2D eigenvalue weighted by molar-refractivity contribution is 5.96. The van der Waals surface area contributed by atoms with E-state index in [2.05, 4.69) is 4.98 Å². The molecule has 0 fully saturated rings. The van der Waals surface area contributed by atoms with Crippen molar-refractivity contribution in [3.8, 4) is 5.75 Å². The molecular formula is C23H24F5N3O2. The Hall–Kier alpha value is -3.01. The van der Waals surface area contributed by atoms with E-state index in [0.717, 1.165) is 12.1 Å². The Kier molecular flexibility index (Phi) is 7.68. The summed E-state index contributed by atoms with van der Waals surface area (Å²) in [5.41, 5.74) is 6.40. The van der Waals surface area contributed by atoms with Crippen molar-refractivity contribution < 1.29 is 31.5 Å². The first-order valence-corrected chi connectivity index (χ1v) is 10.4. The molecule has 5 nitrogen and oxygen atoms in total. The van der Waals surface area contributed by atoms with Crippen molar-refractivity contribution in [3.63, 3.8) is 0 Å². The Balaban J connectivity index is 1.78. The molecule has 2 aromatic heterocycles. The number of fused-ring (bicyclic) bond motifs is 1. The number of hydrogen-bond donors (Lipinski definition) is 1. The van der Waals surface area contributed by atoms with Crippen molar-refractivity contribution in [2.24, 2.45) is 11.7 Å². The summed E-state index contributed by atoms with van der Waals surface area (Å²) in [7, 11) is 0. The van der Waals surface area contributed by atoms with Crippen molar-refractivity contribution in [2.75, 3.05) is 6.54 Å². The number of imidazole rings is 1. The summed E-state index contributed by atoms with van der Waals surface area (Å²) in [6.07, 6.45) is -3.51. The van der Waals surface area contributed by atoms with Gasteiger partial charge in [0.05, 0.1) is 11.3 Å². The predicted molar refractivity (Wildman–Crippen MR) is 112 cm³/mol. The lowest BCUT2D eigenvalue weighted by molar-refractivity contribution is -0.136. The molecule has 0 bridgehead atoms. The summed E-state index contributed by atoms with van der Waals surface area (Å²) in [5.74, 6) is -1.96. The third-order valence-corrected chi connectivity index (χ3v) is 5.37. The molecule has 0 radical (unpaired) electrons. The van der Waals surface area contributed by atoms with E-state index in [9.17, 15) is 26.7 Å². The van der Waals surface area contributed by atoms with E-state index < -0.39 is 30.1 Å². The SMILES string of the molecule is Cc1nc2c(OCc3c(F)cccc3F)cccn2c1C(=O)CC(CN)CCCC(F)(F)F. The van der Waals surface area contributed by atoms with Crippen LogP contribution in [0, 0.1) is 24.5 Å². The van der Waals surface area contributed by atoms with E-state index >= 15 is 0 Å². The number of benzene rings is 1. The second-order valence-corrected chi connectivity index (χ2v) is 7.84. The van der Waals surface area contributed by atoms with Crippen LogP contribution in [0.5, 0.6) is 5.75 Å². The van der Waals surface area contributed by atoms with Crippen LogP contribution in [-0.4, -0.2) is 27.9 Å². The number of halogens is 5. The molecule has 1 aromatic carbocycles. The van der Waals surface area contributed by atoms with E-state index in [0.29, 0.717) is 5.69 Å². The van der Waals surface area contributed by atoms with Crippen molar-refractivity contribution >= 4 is 11.4 Å². The van der Waals surface area contributed by atoms with Crippen LogP contribution < -0.4 is 10.5 Å². The van der Waals surface area contributed by atoms with Crippen LogP contribution in [0.1, 0.15) is 47.4 Å². The number of carbonyl (C=O) groups excluding carboxylic acids is 1. The van der Waals surface area contributed by atoms with Crippen LogP contribution in [0.2, 0.25) is 0 Å². The number of aromatic nitrogens is 2. The van der Waals surface area contributed by atoms with Gasteiger partial charge in [-0.15, -0.1) is 0 Å². The highest BCUT2D eigenvalue weighted by atomic mass is 19.4. The molecule has 0 saturated carbocycles. The number of Topliss-reactive ketones (excluding diaryl/α,β-unsaturated/α-hetero) is 1. The number of alkyl halides is 3. The fourth-order valence-corrected chi connectivity index (χ4v) is 3.68. The minimum absolute atomic E-state index is 0.0193. The summed E-state index contributed by atoms with van der Waals surface area (Å²) in [4.78, 5) is 17.3. The minimum atomic E-state index is -4.25. The number of carbonyl (C=O) groups is 1. The maximum Gasteiger partial charge on any atom is 0.389 e. The molecule has 0 aliphatic carbocycles. The van der Waals surface area contributed by atoms with Gasteiger partial charge in [-0.05, 0) is 56.5 Å². The number of pyridine rings is 1. The molecule has 2 heterocycles. The second kappa shape index (κ2) is 10.3. The fourth-order valence-electron chi connectivity index (χ4n) is 3.68. The molecule has 178 valence electrons. The molecule has 2 N–H and O–H groups in total. The van der Waals surface area contributed by atoms with Gasteiger partial charge in [-0.2, -0.15) is 13.2 Å². The van der Waals surface area contributed by atoms with E-state index in [4.69, 9.17) is 10.5 Å². The molecule has 1 atom stereocenters. The van der Waals surface area contributed by atoms with Crippen LogP contribution >= 0.6 is 0 Å². The molecule has 0 spiro atoms. The molecule has 0 saturated heterocycles. The Bertz CT molecular complexity index is 1110. The topological polar surface area (TPSA) is 69.6 Å². The number of ether oxygens (including phenoxy) is 1. The summed E-state index contributed by atoms with van der Waals surface area (Å²) < 4.78 is 72.1. The first-order valence-electron chi connectivity index (χ1n) is 10.4.